The van der Waals surface area contributed by atoms with Gasteiger partial charge in [0.25, 0.3) is 0 Å². The number of carbonyl (C=O) groups is 1. The summed E-state index contributed by atoms with van der Waals surface area (Å²) in [5.74, 6) is 0.580. The molecule has 0 unspecified atom stereocenters. The van der Waals surface area contributed by atoms with Crippen molar-refractivity contribution in [3.63, 3.8) is 0 Å². The quantitative estimate of drug-likeness (QED) is 0.549. The second-order valence-electron chi connectivity index (χ2n) is 6.44. The Bertz CT molecular complexity index is 876. The van der Waals surface area contributed by atoms with E-state index in [2.05, 4.69) is 29.6 Å². The first-order chi connectivity index (χ1) is 13.7. The highest BCUT2D eigenvalue weighted by atomic mass is 16.5. The summed E-state index contributed by atoms with van der Waals surface area (Å²) in [6, 6.07) is 25.7. The number of hydrogen-bond donors (Lipinski definition) is 1. The van der Waals surface area contributed by atoms with Crippen molar-refractivity contribution >= 4 is 5.97 Å². The molecule has 0 spiro atoms. The van der Waals surface area contributed by atoms with E-state index in [1.807, 2.05) is 42.5 Å². The Hall–Kier alpha value is -3.11. The molecule has 4 nitrogen and oxygen atoms in total. The highest BCUT2D eigenvalue weighted by molar-refractivity contribution is 5.89. The van der Waals surface area contributed by atoms with Gasteiger partial charge in [-0.1, -0.05) is 54.6 Å². The highest BCUT2D eigenvalue weighted by Gasteiger charge is 2.05. The molecular formula is C24H25NO3. The number of esters is 1. The molecule has 1 N–H and O–H groups in total. The molecule has 0 saturated heterocycles. The van der Waals surface area contributed by atoms with Gasteiger partial charge in [-0.25, -0.2) is 4.79 Å². The summed E-state index contributed by atoms with van der Waals surface area (Å²) in [4.78, 5) is 11.7. The third-order valence-electron chi connectivity index (χ3n) is 4.27. The molecule has 0 aliphatic carbocycles. The number of nitrogens with one attached hydrogen (secondary N) is 1. The van der Waals surface area contributed by atoms with Gasteiger partial charge in [-0.2, -0.15) is 0 Å². The van der Waals surface area contributed by atoms with E-state index < -0.39 is 0 Å². The van der Waals surface area contributed by atoms with Gasteiger partial charge in [0.2, 0.25) is 0 Å². The van der Waals surface area contributed by atoms with Crippen molar-refractivity contribution in [2.24, 2.45) is 0 Å². The van der Waals surface area contributed by atoms with E-state index in [1.54, 1.807) is 19.1 Å². The number of ether oxygens (including phenoxy) is 2. The number of rotatable bonds is 9. The van der Waals surface area contributed by atoms with Crippen molar-refractivity contribution in [2.75, 3.05) is 6.61 Å². The topological polar surface area (TPSA) is 47.6 Å². The number of benzene rings is 3. The van der Waals surface area contributed by atoms with Crippen LogP contribution in [-0.4, -0.2) is 12.6 Å². The molecule has 0 aliphatic heterocycles. The standard InChI is InChI=1S/C24H25NO3/c1-2-27-24(26)22-13-11-19(12-14-22)16-25-17-21-9-6-10-23(15-21)28-18-20-7-4-3-5-8-20/h3-15,25H,2,16-18H2,1H3. The van der Waals surface area contributed by atoms with Crippen LogP contribution in [0.4, 0.5) is 0 Å². The Morgan fingerprint density at radius 2 is 1.54 bits per heavy atom. The lowest BCUT2D eigenvalue weighted by molar-refractivity contribution is 0.0526. The molecule has 0 saturated carbocycles. The maximum Gasteiger partial charge on any atom is 0.338 e. The first-order valence-electron chi connectivity index (χ1n) is 9.47. The van der Waals surface area contributed by atoms with Crippen LogP contribution >= 0.6 is 0 Å². The van der Waals surface area contributed by atoms with Gasteiger partial charge in [-0.3, -0.25) is 0 Å². The van der Waals surface area contributed by atoms with Crippen LogP contribution in [-0.2, 0) is 24.4 Å². The molecular weight excluding hydrogens is 350 g/mol. The van der Waals surface area contributed by atoms with E-state index >= 15 is 0 Å². The van der Waals surface area contributed by atoms with Crippen LogP contribution in [0, 0.1) is 0 Å². The smallest absolute Gasteiger partial charge is 0.338 e. The fourth-order valence-electron chi connectivity index (χ4n) is 2.81. The summed E-state index contributed by atoms with van der Waals surface area (Å²) < 4.78 is 10.9. The van der Waals surface area contributed by atoms with Crippen LogP contribution in [0.5, 0.6) is 5.75 Å². The zero-order valence-electron chi connectivity index (χ0n) is 16.1. The molecule has 0 fully saturated rings. The minimum Gasteiger partial charge on any atom is -0.489 e. The van der Waals surface area contributed by atoms with E-state index in [1.165, 1.54) is 0 Å². The van der Waals surface area contributed by atoms with Gasteiger partial charge in [-0.15, -0.1) is 0 Å². The molecule has 3 aromatic rings. The third kappa shape index (κ3) is 5.96. The lowest BCUT2D eigenvalue weighted by atomic mass is 10.1. The first-order valence-corrected chi connectivity index (χ1v) is 9.47. The van der Waals surface area contributed by atoms with Gasteiger partial charge < -0.3 is 14.8 Å². The minimum absolute atomic E-state index is 0.283. The molecule has 3 rings (SSSR count). The average molecular weight is 375 g/mol. The third-order valence-corrected chi connectivity index (χ3v) is 4.27. The van der Waals surface area contributed by atoms with E-state index in [4.69, 9.17) is 9.47 Å². The van der Waals surface area contributed by atoms with E-state index in [0.717, 1.165) is 35.5 Å². The molecule has 144 valence electrons. The van der Waals surface area contributed by atoms with Gasteiger partial charge in [0, 0.05) is 13.1 Å². The van der Waals surface area contributed by atoms with Gasteiger partial charge in [0.15, 0.2) is 0 Å². The van der Waals surface area contributed by atoms with Crippen LogP contribution in [0.1, 0.15) is 34.0 Å². The minimum atomic E-state index is -0.283. The maximum atomic E-state index is 11.7. The van der Waals surface area contributed by atoms with Crippen molar-refractivity contribution in [1.82, 2.24) is 5.32 Å². The summed E-state index contributed by atoms with van der Waals surface area (Å²) >= 11 is 0. The fraction of sp³-hybridized carbons (Fsp3) is 0.208. The second kappa shape index (κ2) is 10.3. The normalized spacial score (nSPS) is 10.5. The van der Waals surface area contributed by atoms with Crippen molar-refractivity contribution in [3.05, 3.63) is 101 Å². The van der Waals surface area contributed by atoms with Crippen molar-refractivity contribution < 1.29 is 14.3 Å². The second-order valence-corrected chi connectivity index (χ2v) is 6.44. The molecule has 0 amide bonds. The van der Waals surface area contributed by atoms with Crippen LogP contribution in [0.15, 0.2) is 78.9 Å². The summed E-state index contributed by atoms with van der Waals surface area (Å²) in [6.45, 7) is 4.21. The van der Waals surface area contributed by atoms with Gasteiger partial charge in [-0.05, 0) is 47.9 Å². The SMILES string of the molecule is CCOC(=O)c1ccc(CNCc2cccc(OCc3ccccc3)c2)cc1. The molecule has 0 aliphatic rings. The molecule has 0 bridgehead atoms. The highest BCUT2D eigenvalue weighted by Crippen LogP contribution is 2.15. The van der Waals surface area contributed by atoms with Crippen LogP contribution in [0.3, 0.4) is 0 Å². The summed E-state index contributed by atoms with van der Waals surface area (Å²) in [6.07, 6.45) is 0. The Morgan fingerprint density at radius 3 is 2.29 bits per heavy atom. The van der Waals surface area contributed by atoms with Crippen LogP contribution < -0.4 is 10.1 Å². The molecule has 0 radical (unpaired) electrons. The molecule has 28 heavy (non-hydrogen) atoms. The van der Waals surface area contributed by atoms with Crippen molar-refractivity contribution in [3.8, 4) is 5.75 Å². The molecule has 0 atom stereocenters. The first kappa shape index (κ1) is 19.6. The Labute approximate surface area is 166 Å². The summed E-state index contributed by atoms with van der Waals surface area (Å²) in [7, 11) is 0. The molecule has 0 heterocycles. The molecule has 3 aromatic carbocycles. The van der Waals surface area contributed by atoms with Crippen molar-refractivity contribution in [2.45, 2.75) is 26.6 Å². The van der Waals surface area contributed by atoms with Crippen LogP contribution in [0.2, 0.25) is 0 Å². The molecule has 4 heteroatoms. The predicted molar refractivity (Wildman–Crippen MR) is 110 cm³/mol. The summed E-state index contributed by atoms with van der Waals surface area (Å²) in [5, 5.41) is 3.42. The zero-order valence-corrected chi connectivity index (χ0v) is 16.1. The summed E-state index contributed by atoms with van der Waals surface area (Å²) in [5.41, 5.74) is 4.00. The average Bonchev–Trinajstić information content (AvgIpc) is 2.74. The zero-order chi connectivity index (χ0) is 19.6. The predicted octanol–water partition coefficient (Wildman–Crippen LogP) is 4.73. The number of carbonyl (C=O) groups excluding carboxylic acids is 1. The largest absolute Gasteiger partial charge is 0.489 e. The lowest BCUT2D eigenvalue weighted by Gasteiger charge is -2.09. The van der Waals surface area contributed by atoms with E-state index in [9.17, 15) is 4.79 Å². The maximum absolute atomic E-state index is 11.7. The monoisotopic (exact) mass is 375 g/mol. The van der Waals surface area contributed by atoms with E-state index in [0.29, 0.717) is 18.8 Å². The molecule has 0 aromatic heterocycles. The van der Waals surface area contributed by atoms with Crippen molar-refractivity contribution in [1.29, 1.82) is 0 Å². The Kier molecular flexibility index (Phi) is 7.21. The Morgan fingerprint density at radius 1 is 0.821 bits per heavy atom. The van der Waals surface area contributed by atoms with Gasteiger partial charge >= 0.3 is 5.97 Å². The Balaban J connectivity index is 1.47. The van der Waals surface area contributed by atoms with E-state index in [-0.39, 0.29) is 5.97 Å². The van der Waals surface area contributed by atoms with Gasteiger partial charge in [0.1, 0.15) is 12.4 Å². The van der Waals surface area contributed by atoms with Gasteiger partial charge in [0.05, 0.1) is 12.2 Å². The lowest BCUT2D eigenvalue weighted by Crippen LogP contribution is -2.13. The number of hydrogen-bond acceptors (Lipinski definition) is 4. The fourth-order valence-corrected chi connectivity index (χ4v) is 2.81. The van der Waals surface area contributed by atoms with Crippen LogP contribution in [0.25, 0.3) is 0 Å².